The highest BCUT2D eigenvalue weighted by Gasteiger charge is 2.42. The second-order valence-corrected chi connectivity index (χ2v) is 18.1. The van der Waals surface area contributed by atoms with Crippen LogP contribution in [-0.2, 0) is 25.7 Å². The van der Waals surface area contributed by atoms with E-state index in [1.54, 1.807) is 48.4 Å². The van der Waals surface area contributed by atoms with E-state index in [1.807, 2.05) is 25.1 Å². The monoisotopic (exact) mass is 916 g/mol. The first-order valence-corrected chi connectivity index (χ1v) is 24.1. The van der Waals surface area contributed by atoms with Gasteiger partial charge in [0, 0.05) is 94.6 Å². The number of methoxy groups -OCH3 is 1. The Morgan fingerprint density at radius 2 is 1.79 bits per heavy atom. The Labute approximate surface area is 393 Å². The third kappa shape index (κ3) is 11.0. The van der Waals surface area contributed by atoms with E-state index in [4.69, 9.17) is 14.5 Å². The van der Waals surface area contributed by atoms with Crippen LogP contribution in [0.2, 0.25) is 0 Å². The molecular formula is C50H64N10O7. The molecule has 4 N–H and O–H groups in total. The smallest absolute Gasteiger partial charge is 0.255 e. The number of anilines is 4. The molecule has 67 heavy (non-hydrogen) atoms. The van der Waals surface area contributed by atoms with Crippen LogP contribution in [0.15, 0.2) is 42.6 Å². The van der Waals surface area contributed by atoms with E-state index in [2.05, 4.69) is 47.9 Å². The van der Waals surface area contributed by atoms with Crippen molar-refractivity contribution in [3.8, 4) is 17.6 Å². The molecule has 1 aromatic heterocycles. The van der Waals surface area contributed by atoms with Crippen LogP contribution in [0, 0.1) is 11.8 Å². The molecular weight excluding hydrogens is 853 g/mol. The molecule has 5 amide bonds. The predicted molar refractivity (Wildman–Crippen MR) is 254 cm³/mol. The summed E-state index contributed by atoms with van der Waals surface area (Å²) >= 11 is 0. The SMILES string of the molecule is CC[C@@H]1C(=O)N(C)c2cnc(Nc3ccc(C(=O)NC4CCN(CCCOCCCNCCC#Cc5cccc6c5CN(C5CCC(=O)NC5=O)C6=O)CC4)cc3OC)nc2N1C1CCCC1. The number of carbonyl (C=O) groups excluding carboxylic acids is 5. The third-order valence-corrected chi connectivity index (χ3v) is 13.7. The Bertz CT molecular complexity index is 2370. The van der Waals surface area contributed by atoms with Gasteiger partial charge in [-0.25, -0.2) is 4.98 Å². The van der Waals surface area contributed by atoms with Gasteiger partial charge in [0.2, 0.25) is 23.7 Å². The van der Waals surface area contributed by atoms with Crippen molar-refractivity contribution in [1.29, 1.82) is 0 Å². The minimum atomic E-state index is -0.641. The lowest BCUT2D eigenvalue weighted by molar-refractivity contribution is -0.137. The molecule has 5 aliphatic rings. The van der Waals surface area contributed by atoms with E-state index >= 15 is 0 Å². The quantitative estimate of drug-likeness (QED) is 0.0793. The van der Waals surface area contributed by atoms with Gasteiger partial charge in [-0.05, 0) is 93.8 Å². The number of ether oxygens (including phenoxy) is 2. The van der Waals surface area contributed by atoms with Crippen LogP contribution < -0.4 is 35.8 Å². The summed E-state index contributed by atoms with van der Waals surface area (Å²) in [6.07, 6.45) is 11.6. The Hall–Kier alpha value is -6.09. The molecule has 2 aromatic carbocycles. The molecule has 2 atom stereocenters. The average Bonchev–Trinajstić information content (AvgIpc) is 3.99. The van der Waals surface area contributed by atoms with E-state index in [1.165, 1.54) is 0 Å². The lowest BCUT2D eigenvalue weighted by Gasteiger charge is -2.43. The minimum Gasteiger partial charge on any atom is -0.495 e. The van der Waals surface area contributed by atoms with Crippen molar-refractivity contribution >= 4 is 52.7 Å². The summed E-state index contributed by atoms with van der Waals surface area (Å²) in [5.74, 6) is 7.13. The first kappa shape index (κ1) is 47.4. The molecule has 8 rings (SSSR count). The zero-order chi connectivity index (χ0) is 46.9. The fourth-order valence-electron chi connectivity index (χ4n) is 10.00. The summed E-state index contributed by atoms with van der Waals surface area (Å²) in [6, 6.07) is 10.3. The van der Waals surface area contributed by atoms with Gasteiger partial charge in [0.15, 0.2) is 5.82 Å². The number of nitrogens with zero attached hydrogens (tertiary/aromatic N) is 6. The first-order chi connectivity index (χ1) is 32.6. The maximum absolute atomic E-state index is 13.4. The average molecular weight is 917 g/mol. The van der Waals surface area contributed by atoms with Crippen LogP contribution in [0.1, 0.15) is 116 Å². The molecule has 5 heterocycles. The fourth-order valence-corrected chi connectivity index (χ4v) is 10.00. The molecule has 4 aliphatic heterocycles. The maximum Gasteiger partial charge on any atom is 0.255 e. The van der Waals surface area contributed by atoms with Crippen molar-refractivity contribution in [2.24, 2.45) is 0 Å². The topological polar surface area (TPSA) is 191 Å². The standard InChI is InChI=1S/C50H64N10O7/c1-4-40-49(65)57(2)42-31-52-50(56-45(42)60(40)36-14-5-6-15-36)54-39-18-17-34(30-43(39)66-3)46(62)53-35-21-26-58(27-22-35)25-11-29-67-28-10-24-51-23-8-7-12-33-13-9-16-37-38(33)32-59(48(37)64)41-19-20-44(61)55-47(41)63/h9,13,16-18,30-31,35-36,40-41,51H,4-6,8,10-11,14-15,19-29,32H2,1-3H3,(H,53,62)(H,52,54,56)(H,55,61,63)/t40-,41?/m1/s1. The molecule has 2 saturated heterocycles. The molecule has 17 nitrogen and oxygen atoms in total. The van der Waals surface area contributed by atoms with Crippen molar-refractivity contribution in [3.63, 3.8) is 0 Å². The molecule has 0 spiro atoms. The first-order valence-electron chi connectivity index (χ1n) is 24.1. The number of aromatic nitrogens is 2. The van der Waals surface area contributed by atoms with Crippen LogP contribution in [-0.4, -0.2) is 134 Å². The number of likely N-dealkylation sites (N-methyl/N-ethyl adjacent to an activating group) is 1. The molecule has 17 heteroatoms. The number of likely N-dealkylation sites (tertiary alicyclic amines) is 1. The largest absolute Gasteiger partial charge is 0.495 e. The fraction of sp³-hybridized carbons (Fsp3) is 0.540. The molecule has 1 saturated carbocycles. The number of nitrogens with one attached hydrogen (secondary N) is 4. The van der Waals surface area contributed by atoms with Crippen LogP contribution in [0.25, 0.3) is 0 Å². The number of amides is 5. The summed E-state index contributed by atoms with van der Waals surface area (Å²) in [5, 5.41) is 12.3. The summed E-state index contributed by atoms with van der Waals surface area (Å²) in [5.41, 5.74) is 4.07. The highest BCUT2D eigenvalue weighted by atomic mass is 16.5. The van der Waals surface area contributed by atoms with Gasteiger partial charge in [-0.2, -0.15) is 4.98 Å². The molecule has 356 valence electrons. The van der Waals surface area contributed by atoms with E-state index in [0.29, 0.717) is 73.2 Å². The predicted octanol–water partition coefficient (Wildman–Crippen LogP) is 4.52. The van der Waals surface area contributed by atoms with E-state index in [-0.39, 0.29) is 48.2 Å². The summed E-state index contributed by atoms with van der Waals surface area (Å²) < 4.78 is 11.6. The summed E-state index contributed by atoms with van der Waals surface area (Å²) in [4.78, 5) is 81.1. The lowest BCUT2D eigenvalue weighted by atomic mass is 10.0. The van der Waals surface area contributed by atoms with Gasteiger partial charge in [0.1, 0.15) is 23.5 Å². The van der Waals surface area contributed by atoms with E-state index in [0.717, 1.165) is 101 Å². The number of hydrogen-bond donors (Lipinski definition) is 4. The van der Waals surface area contributed by atoms with Crippen molar-refractivity contribution in [1.82, 2.24) is 35.7 Å². The number of fused-ring (bicyclic) bond motifs is 2. The number of carbonyl (C=O) groups is 5. The van der Waals surface area contributed by atoms with Crippen LogP contribution >= 0.6 is 0 Å². The van der Waals surface area contributed by atoms with Gasteiger partial charge < -0.3 is 45.0 Å². The highest BCUT2D eigenvalue weighted by molar-refractivity contribution is 6.06. The van der Waals surface area contributed by atoms with Crippen molar-refractivity contribution < 1.29 is 33.4 Å². The lowest BCUT2D eigenvalue weighted by Crippen LogP contribution is -2.55. The second kappa shape index (κ2) is 22.1. The number of rotatable bonds is 18. The van der Waals surface area contributed by atoms with Gasteiger partial charge in [0.05, 0.1) is 19.0 Å². The third-order valence-electron chi connectivity index (χ3n) is 13.7. The maximum atomic E-state index is 13.4. The van der Waals surface area contributed by atoms with Crippen LogP contribution in [0.4, 0.5) is 23.1 Å². The Morgan fingerprint density at radius 1 is 0.985 bits per heavy atom. The summed E-state index contributed by atoms with van der Waals surface area (Å²) in [6.45, 7) is 8.11. The van der Waals surface area contributed by atoms with Gasteiger partial charge in [-0.1, -0.05) is 37.7 Å². The van der Waals surface area contributed by atoms with E-state index in [9.17, 15) is 24.0 Å². The highest BCUT2D eigenvalue weighted by Crippen LogP contribution is 2.40. The second-order valence-electron chi connectivity index (χ2n) is 18.1. The van der Waals surface area contributed by atoms with Gasteiger partial charge >= 0.3 is 0 Å². The number of piperidine rings is 2. The number of hydrogen-bond acceptors (Lipinski definition) is 13. The molecule has 1 aliphatic carbocycles. The van der Waals surface area contributed by atoms with Crippen molar-refractivity contribution in [2.75, 3.05) is 75.2 Å². The van der Waals surface area contributed by atoms with Crippen molar-refractivity contribution in [2.45, 2.75) is 115 Å². The number of benzene rings is 2. The minimum absolute atomic E-state index is 0.0725. The zero-order valence-electron chi connectivity index (χ0n) is 39.0. The van der Waals surface area contributed by atoms with Gasteiger partial charge in [0.25, 0.3) is 11.8 Å². The molecule has 3 fully saturated rings. The zero-order valence-corrected chi connectivity index (χ0v) is 39.0. The van der Waals surface area contributed by atoms with Crippen molar-refractivity contribution in [3.05, 3.63) is 64.8 Å². The Morgan fingerprint density at radius 3 is 2.57 bits per heavy atom. The van der Waals surface area contributed by atoms with Gasteiger partial charge in [-0.3, -0.25) is 29.3 Å². The molecule has 0 radical (unpaired) electrons. The van der Waals surface area contributed by atoms with Crippen LogP contribution in [0.3, 0.4) is 0 Å². The number of imide groups is 1. The molecule has 3 aromatic rings. The van der Waals surface area contributed by atoms with Gasteiger partial charge in [-0.15, -0.1) is 0 Å². The Balaban J connectivity index is 0.698. The van der Waals surface area contributed by atoms with Crippen LogP contribution in [0.5, 0.6) is 5.75 Å². The normalized spacial score (nSPS) is 20.1. The van der Waals surface area contributed by atoms with E-state index < -0.39 is 11.9 Å². The Kier molecular flexibility index (Phi) is 15.7. The molecule has 0 bridgehead atoms. The summed E-state index contributed by atoms with van der Waals surface area (Å²) in [7, 11) is 3.37. The molecule has 1 unspecified atom stereocenters.